The molecule has 3 N–H and O–H groups in total. The van der Waals surface area contributed by atoms with Crippen molar-refractivity contribution in [2.24, 2.45) is 0 Å². The summed E-state index contributed by atoms with van der Waals surface area (Å²) in [7, 11) is 0. The standard InChI is InChI=1S/C8H14O6/c1-4(9)13-3-6(11)8-7(12)5(10)2-14-8/h5-8,10-12H,2-3H2,1H3/t5-,6+,7+,8?/m0/s1. The highest BCUT2D eigenvalue weighted by molar-refractivity contribution is 5.65. The maximum atomic E-state index is 10.4. The molecule has 1 unspecified atom stereocenters. The van der Waals surface area contributed by atoms with Gasteiger partial charge in [0, 0.05) is 6.92 Å². The molecule has 6 nitrogen and oxygen atoms in total. The number of hydrogen-bond donors (Lipinski definition) is 3. The predicted molar refractivity (Wildman–Crippen MR) is 44.4 cm³/mol. The minimum atomic E-state index is -1.14. The number of aliphatic hydroxyl groups is 3. The van der Waals surface area contributed by atoms with Crippen molar-refractivity contribution in [1.82, 2.24) is 0 Å². The van der Waals surface area contributed by atoms with Crippen LogP contribution in [0, 0.1) is 0 Å². The highest BCUT2D eigenvalue weighted by Gasteiger charge is 2.39. The number of aliphatic hydroxyl groups excluding tert-OH is 3. The van der Waals surface area contributed by atoms with Crippen molar-refractivity contribution >= 4 is 5.97 Å². The summed E-state index contributed by atoms with van der Waals surface area (Å²) in [6.45, 7) is 0.945. The largest absolute Gasteiger partial charge is 0.463 e. The van der Waals surface area contributed by atoms with Gasteiger partial charge in [-0.15, -0.1) is 0 Å². The van der Waals surface area contributed by atoms with Crippen LogP contribution in [-0.4, -0.2) is 58.9 Å². The van der Waals surface area contributed by atoms with Crippen LogP contribution in [0.25, 0.3) is 0 Å². The van der Waals surface area contributed by atoms with E-state index in [0.717, 1.165) is 0 Å². The van der Waals surface area contributed by atoms with E-state index in [2.05, 4.69) is 4.74 Å². The molecule has 0 bridgehead atoms. The first-order valence-corrected chi connectivity index (χ1v) is 4.31. The lowest BCUT2D eigenvalue weighted by atomic mass is 10.1. The normalized spacial score (nSPS) is 34.1. The Morgan fingerprint density at radius 1 is 1.64 bits per heavy atom. The fraction of sp³-hybridized carbons (Fsp3) is 0.875. The average molecular weight is 206 g/mol. The summed E-state index contributed by atoms with van der Waals surface area (Å²) < 4.78 is 9.47. The molecule has 4 atom stereocenters. The Morgan fingerprint density at radius 3 is 2.71 bits per heavy atom. The maximum Gasteiger partial charge on any atom is 0.302 e. The highest BCUT2D eigenvalue weighted by Crippen LogP contribution is 2.17. The molecule has 0 aromatic heterocycles. The van der Waals surface area contributed by atoms with Crippen LogP contribution in [0.1, 0.15) is 6.92 Å². The van der Waals surface area contributed by atoms with E-state index in [1.54, 1.807) is 0 Å². The summed E-state index contributed by atoms with van der Waals surface area (Å²) in [6.07, 6.45) is -4.15. The molecular weight excluding hydrogens is 192 g/mol. The first-order chi connectivity index (χ1) is 6.52. The molecule has 1 aliphatic heterocycles. The molecule has 1 saturated heterocycles. The predicted octanol–water partition coefficient (Wildman–Crippen LogP) is -1.97. The van der Waals surface area contributed by atoms with Crippen LogP contribution in [0.15, 0.2) is 0 Å². The molecule has 1 fully saturated rings. The molecule has 0 aromatic carbocycles. The third-order valence-electron chi connectivity index (χ3n) is 2.03. The maximum absolute atomic E-state index is 10.4. The third kappa shape index (κ3) is 2.65. The quantitative estimate of drug-likeness (QED) is 0.464. The molecule has 1 aliphatic rings. The van der Waals surface area contributed by atoms with E-state index in [1.807, 2.05) is 0 Å². The minimum Gasteiger partial charge on any atom is -0.463 e. The van der Waals surface area contributed by atoms with Crippen molar-refractivity contribution in [2.45, 2.75) is 31.3 Å². The average Bonchev–Trinajstić information content (AvgIpc) is 2.44. The van der Waals surface area contributed by atoms with E-state index in [9.17, 15) is 15.0 Å². The second-order valence-electron chi connectivity index (χ2n) is 3.23. The fourth-order valence-corrected chi connectivity index (χ4v) is 1.26. The number of ether oxygens (including phenoxy) is 2. The smallest absolute Gasteiger partial charge is 0.302 e. The van der Waals surface area contributed by atoms with Gasteiger partial charge in [0.25, 0.3) is 0 Å². The fourth-order valence-electron chi connectivity index (χ4n) is 1.26. The second kappa shape index (κ2) is 4.70. The number of esters is 1. The van der Waals surface area contributed by atoms with E-state index < -0.39 is 30.4 Å². The lowest BCUT2D eigenvalue weighted by molar-refractivity contribution is -0.148. The summed E-state index contributed by atoms with van der Waals surface area (Å²) in [4.78, 5) is 10.4. The van der Waals surface area contributed by atoms with Gasteiger partial charge in [-0.05, 0) is 0 Å². The third-order valence-corrected chi connectivity index (χ3v) is 2.03. The van der Waals surface area contributed by atoms with Gasteiger partial charge in [-0.1, -0.05) is 0 Å². The van der Waals surface area contributed by atoms with E-state index >= 15 is 0 Å². The lowest BCUT2D eigenvalue weighted by Gasteiger charge is -2.20. The van der Waals surface area contributed by atoms with Gasteiger partial charge in [0.05, 0.1) is 6.61 Å². The van der Waals surface area contributed by atoms with Crippen molar-refractivity contribution in [3.63, 3.8) is 0 Å². The van der Waals surface area contributed by atoms with Crippen LogP contribution in [0.3, 0.4) is 0 Å². The molecule has 0 amide bonds. The Hall–Kier alpha value is -0.690. The van der Waals surface area contributed by atoms with Gasteiger partial charge in [0.2, 0.25) is 0 Å². The number of rotatable bonds is 3. The number of carbonyl (C=O) groups excluding carboxylic acids is 1. The Morgan fingerprint density at radius 2 is 2.29 bits per heavy atom. The molecule has 1 rings (SSSR count). The van der Waals surface area contributed by atoms with Crippen molar-refractivity contribution in [2.75, 3.05) is 13.2 Å². The molecule has 0 aliphatic carbocycles. The van der Waals surface area contributed by atoms with Crippen LogP contribution >= 0.6 is 0 Å². The summed E-state index contributed by atoms with van der Waals surface area (Å²) in [5.41, 5.74) is 0. The molecule has 0 radical (unpaired) electrons. The van der Waals surface area contributed by atoms with Gasteiger partial charge in [-0.3, -0.25) is 4.79 Å². The Bertz CT molecular complexity index is 206. The Kier molecular flexibility index (Phi) is 3.82. The molecule has 0 aromatic rings. The van der Waals surface area contributed by atoms with Crippen molar-refractivity contribution in [1.29, 1.82) is 0 Å². The van der Waals surface area contributed by atoms with E-state index in [0.29, 0.717) is 0 Å². The Balaban J connectivity index is 2.37. The van der Waals surface area contributed by atoms with Gasteiger partial charge < -0.3 is 24.8 Å². The van der Waals surface area contributed by atoms with Crippen LogP contribution in [0.2, 0.25) is 0 Å². The molecule has 82 valence electrons. The van der Waals surface area contributed by atoms with E-state index in [4.69, 9.17) is 9.84 Å². The minimum absolute atomic E-state index is 0.0248. The van der Waals surface area contributed by atoms with Gasteiger partial charge in [-0.25, -0.2) is 0 Å². The highest BCUT2D eigenvalue weighted by atomic mass is 16.6. The SMILES string of the molecule is CC(=O)OC[C@@H](O)C1OC[C@H](O)[C@H]1O. The van der Waals surface area contributed by atoms with Crippen molar-refractivity contribution < 1.29 is 29.6 Å². The zero-order valence-corrected chi connectivity index (χ0v) is 7.79. The first-order valence-electron chi connectivity index (χ1n) is 4.31. The first kappa shape index (κ1) is 11.4. The van der Waals surface area contributed by atoms with Crippen LogP contribution < -0.4 is 0 Å². The van der Waals surface area contributed by atoms with Crippen LogP contribution in [-0.2, 0) is 14.3 Å². The summed E-state index contributed by atoms with van der Waals surface area (Å²) >= 11 is 0. The lowest BCUT2D eigenvalue weighted by Crippen LogP contribution is -2.41. The van der Waals surface area contributed by atoms with Crippen molar-refractivity contribution in [3.8, 4) is 0 Å². The topological polar surface area (TPSA) is 96.2 Å². The van der Waals surface area contributed by atoms with E-state index in [1.165, 1.54) is 6.92 Å². The molecule has 6 heteroatoms. The van der Waals surface area contributed by atoms with Crippen LogP contribution in [0.4, 0.5) is 0 Å². The number of carbonyl (C=O) groups is 1. The zero-order valence-electron chi connectivity index (χ0n) is 7.79. The molecule has 0 spiro atoms. The number of hydrogen-bond acceptors (Lipinski definition) is 6. The molecule has 0 saturated carbocycles. The van der Waals surface area contributed by atoms with Gasteiger partial charge in [0.1, 0.15) is 31.0 Å². The van der Waals surface area contributed by atoms with Gasteiger partial charge >= 0.3 is 5.97 Å². The van der Waals surface area contributed by atoms with Crippen LogP contribution in [0.5, 0.6) is 0 Å². The van der Waals surface area contributed by atoms with Crippen molar-refractivity contribution in [3.05, 3.63) is 0 Å². The second-order valence-corrected chi connectivity index (χ2v) is 3.23. The molecular formula is C8H14O6. The summed E-state index contributed by atoms with van der Waals surface area (Å²) in [5.74, 6) is -0.517. The summed E-state index contributed by atoms with van der Waals surface area (Å²) in [6, 6.07) is 0. The summed E-state index contributed by atoms with van der Waals surface area (Å²) in [5, 5.41) is 27.8. The molecule has 14 heavy (non-hydrogen) atoms. The molecule has 1 heterocycles. The monoisotopic (exact) mass is 206 g/mol. The zero-order chi connectivity index (χ0) is 10.7. The van der Waals surface area contributed by atoms with Gasteiger partial charge in [0.15, 0.2) is 0 Å². The van der Waals surface area contributed by atoms with Gasteiger partial charge in [-0.2, -0.15) is 0 Å². The Labute approximate surface area is 81.1 Å². The van der Waals surface area contributed by atoms with E-state index in [-0.39, 0.29) is 13.2 Å².